The van der Waals surface area contributed by atoms with Crippen molar-refractivity contribution in [2.45, 2.75) is 32.7 Å². The molecule has 1 atom stereocenters. The van der Waals surface area contributed by atoms with Gasteiger partial charge in [0, 0.05) is 27.7 Å². The molecule has 7 nitrogen and oxygen atoms in total. The van der Waals surface area contributed by atoms with E-state index in [9.17, 15) is 19.5 Å². The van der Waals surface area contributed by atoms with Gasteiger partial charge in [0.2, 0.25) is 5.91 Å². The lowest BCUT2D eigenvalue weighted by atomic mass is 10.1. The fourth-order valence-corrected chi connectivity index (χ4v) is 3.60. The summed E-state index contributed by atoms with van der Waals surface area (Å²) in [5.41, 5.74) is 2.14. The molecule has 3 aromatic rings. The quantitative estimate of drug-likeness (QED) is 0.556. The van der Waals surface area contributed by atoms with E-state index in [0.717, 1.165) is 0 Å². The minimum atomic E-state index is -1.01. The summed E-state index contributed by atoms with van der Waals surface area (Å²) in [5, 5.41) is 22.6. The highest BCUT2D eigenvalue weighted by Gasteiger charge is 2.22. The number of nitrogens with zero attached hydrogens (tertiary/aromatic N) is 1. The van der Waals surface area contributed by atoms with E-state index >= 15 is 0 Å². The van der Waals surface area contributed by atoms with Gasteiger partial charge in [-0.1, -0.05) is 11.6 Å². The maximum atomic E-state index is 13.2. The Morgan fingerprint density at radius 2 is 1.80 bits per heavy atom. The Morgan fingerprint density at radius 3 is 2.43 bits per heavy atom. The third-order valence-corrected chi connectivity index (χ3v) is 5.09. The molecule has 0 spiro atoms. The minimum absolute atomic E-state index is 0.0134. The lowest BCUT2D eigenvalue weighted by molar-refractivity contribution is -0.137. The number of amides is 1. The number of benzene rings is 2. The number of phenols is 1. The van der Waals surface area contributed by atoms with Crippen LogP contribution in [0, 0.1) is 6.92 Å². The Morgan fingerprint density at radius 1 is 1.13 bits per heavy atom. The molecule has 30 heavy (non-hydrogen) atoms. The monoisotopic (exact) mass is 428 g/mol. The van der Waals surface area contributed by atoms with Gasteiger partial charge in [-0.3, -0.25) is 19.0 Å². The number of carboxylic acid groups (broad SMARTS) is 1. The van der Waals surface area contributed by atoms with E-state index in [1.165, 1.54) is 16.7 Å². The zero-order valence-electron chi connectivity index (χ0n) is 16.5. The number of hydrogen-bond donors (Lipinski definition) is 3. The maximum Gasteiger partial charge on any atom is 0.305 e. The summed E-state index contributed by atoms with van der Waals surface area (Å²) < 4.78 is 1.50. The van der Waals surface area contributed by atoms with Crippen molar-refractivity contribution in [1.29, 1.82) is 0 Å². The van der Waals surface area contributed by atoms with Gasteiger partial charge in [-0.15, -0.1) is 0 Å². The molecule has 1 unspecified atom stereocenters. The average Bonchev–Trinajstić information content (AvgIpc) is 2.92. The molecule has 3 rings (SSSR count). The van der Waals surface area contributed by atoms with E-state index in [1.807, 2.05) is 0 Å². The molecule has 0 saturated heterocycles. The van der Waals surface area contributed by atoms with Crippen LogP contribution in [-0.2, 0) is 16.0 Å². The number of hydrogen-bond acceptors (Lipinski definition) is 4. The largest absolute Gasteiger partial charge is 0.508 e. The normalized spacial score (nSPS) is 12.0. The first kappa shape index (κ1) is 21.4. The smallest absolute Gasteiger partial charge is 0.305 e. The molecule has 1 heterocycles. The van der Waals surface area contributed by atoms with Crippen molar-refractivity contribution < 1.29 is 24.6 Å². The second-order valence-corrected chi connectivity index (χ2v) is 7.59. The van der Waals surface area contributed by atoms with E-state index in [1.54, 1.807) is 44.2 Å². The van der Waals surface area contributed by atoms with Crippen LogP contribution in [0.2, 0.25) is 5.02 Å². The van der Waals surface area contributed by atoms with Crippen LogP contribution in [0.5, 0.6) is 5.75 Å². The van der Waals surface area contributed by atoms with Crippen LogP contribution in [0.3, 0.4) is 0 Å². The van der Waals surface area contributed by atoms with Gasteiger partial charge in [0.1, 0.15) is 5.75 Å². The third-order valence-electron chi connectivity index (χ3n) is 4.84. The number of rotatable bonds is 6. The van der Waals surface area contributed by atoms with Crippen molar-refractivity contribution in [3.8, 4) is 5.75 Å². The Kier molecular flexibility index (Phi) is 6.12. The summed E-state index contributed by atoms with van der Waals surface area (Å²) in [7, 11) is 0. The minimum Gasteiger partial charge on any atom is -0.508 e. The van der Waals surface area contributed by atoms with Crippen molar-refractivity contribution >= 4 is 40.3 Å². The van der Waals surface area contributed by atoms with Crippen LogP contribution < -0.4 is 5.32 Å². The summed E-state index contributed by atoms with van der Waals surface area (Å²) in [6, 6.07) is 10.6. The number of aromatic nitrogens is 1. The van der Waals surface area contributed by atoms with Crippen LogP contribution in [-0.4, -0.2) is 38.6 Å². The lowest BCUT2D eigenvalue weighted by Crippen LogP contribution is -2.35. The second-order valence-electron chi connectivity index (χ2n) is 7.16. The highest BCUT2D eigenvalue weighted by molar-refractivity contribution is 6.30. The number of halogens is 1. The van der Waals surface area contributed by atoms with E-state index < -0.39 is 12.0 Å². The first-order chi connectivity index (χ1) is 14.2. The van der Waals surface area contributed by atoms with Crippen molar-refractivity contribution in [2.24, 2.45) is 0 Å². The van der Waals surface area contributed by atoms with Gasteiger partial charge in [-0.2, -0.15) is 0 Å². The molecule has 8 heteroatoms. The molecule has 1 aromatic heterocycles. The zero-order valence-corrected chi connectivity index (χ0v) is 17.2. The first-order valence-corrected chi connectivity index (χ1v) is 9.69. The topological polar surface area (TPSA) is 109 Å². The van der Waals surface area contributed by atoms with Crippen LogP contribution in [0.25, 0.3) is 10.9 Å². The van der Waals surface area contributed by atoms with E-state index in [-0.39, 0.29) is 30.4 Å². The van der Waals surface area contributed by atoms with Crippen LogP contribution >= 0.6 is 11.6 Å². The molecule has 156 valence electrons. The number of carbonyl (C=O) groups excluding carboxylic acids is 2. The predicted octanol–water partition coefficient (Wildman–Crippen LogP) is 3.52. The number of nitrogens with one attached hydrogen (secondary N) is 1. The number of carboxylic acids is 1. The van der Waals surface area contributed by atoms with E-state index in [0.29, 0.717) is 32.7 Å². The molecule has 2 aromatic carbocycles. The van der Waals surface area contributed by atoms with Crippen LogP contribution in [0.4, 0.5) is 0 Å². The van der Waals surface area contributed by atoms with Gasteiger partial charge in [-0.05, 0) is 61.9 Å². The molecule has 0 saturated carbocycles. The summed E-state index contributed by atoms with van der Waals surface area (Å²) in [4.78, 5) is 36.5. The summed E-state index contributed by atoms with van der Waals surface area (Å²) in [5.74, 6) is -1.65. The Labute approximate surface area is 177 Å². The highest BCUT2D eigenvalue weighted by atomic mass is 35.5. The molecule has 0 bridgehead atoms. The molecular weight excluding hydrogens is 408 g/mol. The predicted molar refractivity (Wildman–Crippen MR) is 113 cm³/mol. The number of fused-ring (bicyclic) bond motifs is 1. The average molecular weight is 429 g/mol. The lowest BCUT2D eigenvalue weighted by Gasteiger charge is -2.12. The molecular formula is C22H21ClN2O5. The van der Waals surface area contributed by atoms with E-state index in [4.69, 9.17) is 16.7 Å². The number of aromatic hydroxyl groups is 1. The van der Waals surface area contributed by atoms with Crippen molar-refractivity contribution in [3.05, 3.63) is 64.3 Å². The standard InChI is InChI=1S/C22H21ClN2O5/c1-12(9-21(28)29)24-20(27)11-17-13(2)25(19-8-7-16(26)10-18(17)19)22(30)14-3-5-15(23)6-4-14/h3-8,10,12,26H,9,11H2,1-2H3,(H,24,27)(H,28,29). The molecule has 0 aliphatic carbocycles. The molecule has 3 N–H and O–H groups in total. The van der Waals surface area contributed by atoms with Gasteiger partial charge in [0.25, 0.3) is 5.91 Å². The molecule has 0 radical (unpaired) electrons. The molecule has 1 amide bonds. The van der Waals surface area contributed by atoms with Gasteiger partial charge in [0.15, 0.2) is 0 Å². The molecule has 0 aliphatic rings. The van der Waals surface area contributed by atoms with Crippen LogP contribution in [0.1, 0.15) is 35.0 Å². The fraction of sp³-hybridized carbons (Fsp3) is 0.227. The summed E-state index contributed by atoms with van der Waals surface area (Å²) in [6.07, 6.45) is -0.251. The maximum absolute atomic E-state index is 13.2. The number of phenolic OH excluding ortho intramolecular Hbond substituents is 1. The molecule has 0 aliphatic heterocycles. The number of aliphatic carboxylic acids is 1. The van der Waals surface area contributed by atoms with Crippen molar-refractivity contribution in [2.75, 3.05) is 0 Å². The number of carbonyl (C=O) groups is 3. The zero-order chi connectivity index (χ0) is 22.0. The van der Waals surface area contributed by atoms with E-state index in [2.05, 4.69) is 5.32 Å². The Hall–Kier alpha value is -3.32. The fourth-order valence-electron chi connectivity index (χ4n) is 3.48. The third kappa shape index (κ3) is 4.46. The van der Waals surface area contributed by atoms with Crippen LogP contribution in [0.15, 0.2) is 42.5 Å². The summed E-state index contributed by atoms with van der Waals surface area (Å²) >= 11 is 5.91. The van der Waals surface area contributed by atoms with Gasteiger partial charge >= 0.3 is 5.97 Å². The van der Waals surface area contributed by atoms with Crippen molar-refractivity contribution in [3.63, 3.8) is 0 Å². The SMILES string of the molecule is Cc1c(CC(=O)NC(C)CC(=O)O)c2cc(O)ccc2n1C(=O)c1ccc(Cl)cc1. The second kappa shape index (κ2) is 8.59. The highest BCUT2D eigenvalue weighted by Crippen LogP contribution is 2.30. The summed E-state index contributed by atoms with van der Waals surface area (Å²) in [6.45, 7) is 3.34. The van der Waals surface area contributed by atoms with Crippen molar-refractivity contribution in [1.82, 2.24) is 9.88 Å². The molecule has 0 fully saturated rings. The Bertz CT molecular complexity index is 1130. The Balaban J connectivity index is 2.01. The van der Waals surface area contributed by atoms with Gasteiger partial charge in [-0.25, -0.2) is 0 Å². The first-order valence-electron chi connectivity index (χ1n) is 9.31. The van der Waals surface area contributed by atoms with Gasteiger partial charge < -0.3 is 15.5 Å². The van der Waals surface area contributed by atoms with Gasteiger partial charge in [0.05, 0.1) is 18.4 Å².